The van der Waals surface area contributed by atoms with Gasteiger partial charge in [0.25, 0.3) is 0 Å². The van der Waals surface area contributed by atoms with Crippen molar-refractivity contribution in [2.75, 3.05) is 19.0 Å². The van der Waals surface area contributed by atoms with E-state index in [-0.39, 0.29) is 31.2 Å². The molecule has 0 amide bonds. The fraction of sp³-hybridized carbons (Fsp3) is 0.167. The van der Waals surface area contributed by atoms with Crippen molar-refractivity contribution in [2.45, 2.75) is 4.90 Å². The van der Waals surface area contributed by atoms with E-state index in [1.165, 1.54) is 6.07 Å². The standard InChI is InChI=1S/C12H13N2O2S.Ir.H2N/c1-14(2)11-7-3-6-10-9(11)5-4-8-12(10)17(13,15)16;;/h3-8H,1-2H3,(H-,13,15,16);;1H2/q-1;;-1. The zero-order valence-electron chi connectivity index (χ0n) is 10.5. The number of hydrogen-bond acceptors (Lipinski definition) is 3. The molecule has 1 radical (unpaired) electrons. The van der Waals surface area contributed by atoms with Gasteiger partial charge in [0, 0.05) is 50.7 Å². The van der Waals surface area contributed by atoms with Crippen LogP contribution in [-0.2, 0) is 30.1 Å². The molecule has 7 heteroatoms. The number of fused-ring (bicyclic) bond motifs is 1. The largest absolute Gasteiger partial charge is 0.693 e. The first kappa shape index (κ1) is 18.0. The van der Waals surface area contributed by atoms with Gasteiger partial charge in [0.15, 0.2) is 0 Å². The summed E-state index contributed by atoms with van der Waals surface area (Å²) in [5.41, 5.74) is 0.938. The number of benzene rings is 2. The van der Waals surface area contributed by atoms with Crippen molar-refractivity contribution < 1.29 is 28.5 Å². The Morgan fingerprint density at radius 2 is 1.53 bits per heavy atom. The molecule has 3 N–H and O–H groups in total. The fourth-order valence-corrected chi connectivity index (χ4v) is 2.61. The molecule has 19 heavy (non-hydrogen) atoms. The SMILES string of the molecule is CN(C)c1cccc2c(S([NH-])(=O)=O)cccc12.[Ir].[NH2-]. The summed E-state index contributed by atoms with van der Waals surface area (Å²) in [6.07, 6.45) is 0. The second-order valence-electron chi connectivity index (χ2n) is 4.03. The van der Waals surface area contributed by atoms with E-state index in [4.69, 9.17) is 5.14 Å². The third kappa shape index (κ3) is 3.52. The molecule has 0 unspecified atom stereocenters. The molecule has 107 valence electrons. The molecular weight excluding hydrogens is 442 g/mol. The van der Waals surface area contributed by atoms with Gasteiger partial charge in [-0.15, -0.1) is 0 Å². The Hall–Kier alpha value is -0.981. The van der Waals surface area contributed by atoms with Gasteiger partial charge in [-0.2, -0.15) is 0 Å². The van der Waals surface area contributed by atoms with Crippen LogP contribution in [0.25, 0.3) is 22.1 Å². The molecule has 0 bridgehead atoms. The van der Waals surface area contributed by atoms with Crippen LogP contribution >= 0.6 is 0 Å². The van der Waals surface area contributed by atoms with Gasteiger partial charge in [0.1, 0.15) is 0 Å². The van der Waals surface area contributed by atoms with Crippen molar-refractivity contribution >= 4 is 26.5 Å². The summed E-state index contributed by atoms with van der Waals surface area (Å²) in [7, 11) is -0.142. The van der Waals surface area contributed by atoms with Gasteiger partial charge in [-0.3, -0.25) is 0 Å². The second-order valence-corrected chi connectivity index (χ2v) is 5.47. The molecule has 0 aliphatic heterocycles. The summed E-state index contributed by atoms with van der Waals surface area (Å²) in [5.74, 6) is 0. The van der Waals surface area contributed by atoms with Gasteiger partial charge in [-0.05, 0) is 12.1 Å². The Morgan fingerprint density at radius 1 is 1.00 bits per heavy atom. The van der Waals surface area contributed by atoms with Crippen molar-refractivity contribution in [1.29, 1.82) is 0 Å². The topological polar surface area (TPSA) is 94.7 Å². The van der Waals surface area contributed by atoms with Crippen LogP contribution < -0.4 is 4.90 Å². The molecule has 2 rings (SSSR count). The minimum Gasteiger partial charge on any atom is -0.693 e. The number of sulfonamides is 1. The number of anilines is 1. The van der Waals surface area contributed by atoms with Gasteiger partial charge in [0.2, 0.25) is 0 Å². The van der Waals surface area contributed by atoms with Gasteiger partial charge in [-0.1, -0.05) is 24.3 Å². The molecule has 0 aliphatic carbocycles. The van der Waals surface area contributed by atoms with Crippen molar-refractivity contribution in [1.82, 2.24) is 0 Å². The van der Waals surface area contributed by atoms with Crippen molar-refractivity contribution in [2.24, 2.45) is 0 Å². The third-order valence-electron chi connectivity index (χ3n) is 2.63. The summed E-state index contributed by atoms with van der Waals surface area (Å²) in [6, 6.07) is 10.4. The number of nitrogens with one attached hydrogen (secondary N) is 1. The molecule has 0 spiro atoms. The average molecular weight is 458 g/mol. The van der Waals surface area contributed by atoms with E-state index in [2.05, 4.69) is 0 Å². The van der Waals surface area contributed by atoms with Crippen LogP contribution in [0.2, 0.25) is 0 Å². The molecule has 2 aromatic carbocycles. The minimum atomic E-state index is -3.94. The zero-order valence-corrected chi connectivity index (χ0v) is 13.8. The first-order valence-electron chi connectivity index (χ1n) is 5.10. The van der Waals surface area contributed by atoms with Crippen LogP contribution in [0, 0.1) is 0 Å². The number of nitrogens with zero attached hydrogens (tertiary/aromatic N) is 1. The zero-order chi connectivity index (χ0) is 12.6. The van der Waals surface area contributed by atoms with Gasteiger partial charge in [0.05, 0.1) is 14.9 Å². The minimum absolute atomic E-state index is 0. The van der Waals surface area contributed by atoms with E-state index in [1.54, 1.807) is 18.2 Å². The van der Waals surface area contributed by atoms with Crippen molar-refractivity contribution in [3.8, 4) is 0 Å². The smallest absolute Gasteiger partial charge is 0.0993 e. The summed E-state index contributed by atoms with van der Waals surface area (Å²) in [6.45, 7) is 0. The maximum atomic E-state index is 11.4. The Bertz CT molecular complexity index is 672. The van der Waals surface area contributed by atoms with Gasteiger partial charge >= 0.3 is 0 Å². The predicted octanol–water partition coefficient (Wildman–Crippen LogP) is 3.36. The van der Waals surface area contributed by atoms with E-state index >= 15 is 0 Å². The molecule has 5 nitrogen and oxygen atoms in total. The molecule has 0 heterocycles. The second kappa shape index (κ2) is 6.45. The molecule has 2 aromatic rings. The molecule has 0 atom stereocenters. The first-order valence-corrected chi connectivity index (χ1v) is 6.58. The first-order chi connectivity index (χ1) is 7.91. The number of hydrogen-bond donors (Lipinski definition) is 0. The normalized spacial score (nSPS) is 10.5. The van der Waals surface area contributed by atoms with Crippen LogP contribution in [0.1, 0.15) is 0 Å². The molecule has 0 fully saturated rings. The average Bonchev–Trinajstić information content (AvgIpc) is 2.26. The van der Waals surface area contributed by atoms with Gasteiger partial charge < -0.3 is 16.2 Å². The number of rotatable bonds is 2. The van der Waals surface area contributed by atoms with E-state index in [9.17, 15) is 8.42 Å². The quantitative estimate of drug-likeness (QED) is 0.692. The van der Waals surface area contributed by atoms with E-state index in [1.807, 2.05) is 31.1 Å². The Kier molecular flexibility index (Phi) is 6.12. The van der Waals surface area contributed by atoms with Crippen LogP contribution in [0.4, 0.5) is 5.69 Å². The van der Waals surface area contributed by atoms with Crippen LogP contribution in [-0.4, -0.2) is 22.5 Å². The van der Waals surface area contributed by atoms with Gasteiger partial charge in [-0.25, -0.2) is 8.42 Å². The van der Waals surface area contributed by atoms with Crippen LogP contribution in [0.3, 0.4) is 0 Å². The van der Waals surface area contributed by atoms with Crippen LogP contribution in [0.15, 0.2) is 41.3 Å². The van der Waals surface area contributed by atoms with E-state index in [0.717, 1.165) is 11.1 Å². The summed E-state index contributed by atoms with van der Waals surface area (Å²) >= 11 is 0. The summed E-state index contributed by atoms with van der Waals surface area (Å²) < 4.78 is 22.8. The molecule has 0 aromatic heterocycles. The number of nitrogens with two attached hydrogens (primary N) is 1. The molecular formula is C12H15IrN3O2S-2. The Balaban J connectivity index is 0.00000162. The van der Waals surface area contributed by atoms with Crippen molar-refractivity contribution in [3.63, 3.8) is 0 Å². The summed E-state index contributed by atoms with van der Waals surface area (Å²) in [5, 5.41) is 8.62. The summed E-state index contributed by atoms with van der Waals surface area (Å²) in [4.78, 5) is 1.97. The molecule has 0 saturated carbocycles. The van der Waals surface area contributed by atoms with E-state index in [0.29, 0.717) is 5.39 Å². The molecule has 0 aliphatic rings. The van der Waals surface area contributed by atoms with Crippen LogP contribution in [0.5, 0.6) is 0 Å². The van der Waals surface area contributed by atoms with Crippen molar-refractivity contribution in [3.05, 3.63) is 47.7 Å². The predicted molar refractivity (Wildman–Crippen MR) is 75.1 cm³/mol. The fourth-order valence-electron chi connectivity index (χ4n) is 1.89. The monoisotopic (exact) mass is 458 g/mol. The van der Waals surface area contributed by atoms with E-state index < -0.39 is 10.0 Å². The maximum Gasteiger partial charge on any atom is 0.0993 e. The Morgan fingerprint density at radius 3 is 2.05 bits per heavy atom. The molecule has 0 saturated heterocycles. The third-order valence-corrected chi connectivity index (χ3v) is 3.57. The Labute approximate surface area is 126 Å². The maximum absolute atomic E-state index is 11.4.